The molecule has 0 aliphatic carbocycles. The molecule has 0 spiro atoms. The lowest BCUT2D eigenvalue weighted by Crippen LogP contribution is -2.23. The number of rotatable bonds is 27. The number of carboxylic acid groups (broad SMARTS) is 1. The molecule has 0 aliphatic heterocycles. The number of aliphatic hydroxyl groups excluding tert-OH is 2. The third-order valence-corrected chi connectivity index (χ3v) is 7.02. The minimum absolute atomic E-state index is 0.158. The van der Waals surface area contributed by atoms with E-state index in [4.69, 9.17) is 5.11 Å². The fraction of sp³-hybridized carbons (Fsp3) is 0.966. The molecule has 0 saturated carbocycles. The van der Waals surface area contributed by atoms with Crippen LogP contribution in [0.4, 0.5) is 0 Å². The Morgan fingerprint density at radius 2 is 0.879 bits per heavy atom. The first-order chi connectivity index (χ1) is 16.1. The lowest BCUT2D eigenvalue weighted by molar-refractivity contribution is -0.143. The van der Waals surface area contributed by atoms with Crippen LogP contribution >= 0.6 is 0 Å². The number of aliphatic carboxylic acids is 1. The zero-order valence-electron chi connectivity index (χ0n) is 22.1. The predicted octanol–water partition coefficient (Wildman–Crippen LogP) is 8.42. The minimum atomic E-state index is -0.911. The summed E-state index contributed by atoms with van der Waals surface area (Å²) in [5.74, 6) is -1.39. The number of hydrogen-bond donors (Lipinski definition) is 3. The van der Waals surface area contributed by atoms with Crippen LogP contribution in [0, 0.1) is 5.92 Å². The molecule has 0 amide bonds. The third kappa shape index (κ3) is 24.3. The van der Waals surface area contributed by atoms with Crippen molar-refractivity contribution in [1.29, 1.82) is 0 Å². The fourth-order valence-electron chi connectivity index (χ4n) is 4.74. The number of carboxylic acids is 1. The van der Waals surface area contributed by atoms with E-state index in [0.717, 1.165) is 12.8 Å². The third-order valence-electron chi connectivity index (χ3n) is 7.02. The Morgan fingerprint density at radius 1 is 0.576 bits per heavy atom. The maximum Gasteiger partial charge on any atom is 0.306 e. The second kappa shape index (κ2) is 26.0. The Labute approximate surface area is 206 Å². The van der Waals surface area contributed by atoms with Crippen molar-refractivity contribution in [3.63, 3.8) is 0 Å². The molecule has 198 valence electrons. The summed E-state index contributed by atoms with van der Waals surface area (Å²) >= 11 is 0. The highest BCUT2D eigenvalue weighted by Gasteiger charge is 2.20. The average molecular weight is 471 g/mol. The molecular formula is C29H58O4. The molecule has 3 N–H and O–H groups in total. The van der Waals surface area contributed by atoms with Gasteiger partial charge < -0.3 is 15.3 Å². The molecule has 2 atom stereocenters. The molecule has 0 fully saturated rings. The van der Waals surface area contributed by atoms with Gasteiger partial charge in [-0.1, -0.05) is 148 Å². The molecule has 0 saturated heterocycles. The predicted molar refractivity (Wildman–Crippen MR) is 141 cm³/mol. The average Bonchev–Trinajstić information content (AvgIpc) is 2.81. The number of carbonyl (C=O) groups is 1. The Kier molecular flexibility index (Phi) is 25.5. The quantitative estimate of drug-likeness (QED) is 0.105. The molecule has 33 heavy (non-hydrogen) atoms. The Hall–Kier alpha value is -0.610. The first-order valence-corrected chi connectivity index (χ1v) is 14.6. The minimum Gasteiger partial charge on any atom is -0.481 e. The van der Waals surface area contributed by atoms with E-state index in [1.54, 1.807) is 0 Å². The van der Waals surface area contributed by atoms with Crippen molar-refractivity contribution >= 4 is 5.97 Å². The monoisotopic (exact) mass is 470 g/mol. The summed E-state index contributed by atoms with van der Waals surface area (Å²) in [7, 11) is 0. The van der Waals surface area contributed by atoms with E-state index in [9.17, 15) is 15.0 Å². The molecular weight excluding hydrogens is 412 g/mol. The lowest BCUT2D eigenvalue weighted by Gasteiger charge is -2.15. The Bertz CT molecular complexity index is 399. The van der Waals surface area contributed by atoms with Crippen molar-refractivity contribution in [2.75, 3.05) is 6.61 Å². The Balaban J connectivity index is 3.23. The molecule has 0 bridgehead atoms. The van der Waals surface area contributed by atoms with Crippen LogP contribution in [-0.2, 0) is 4.79 Å². The van der Waals surface area contributed by atoms with Gasteiger partial charge in [0.2, 0.25) is 0 Å². The van der Waals surface area contributed by atoms with E-state index >= 15 is 0 Å². The van der Waals surface area contributed by atoms with Gasteiger partial charge in [0.1, 0.15) is 0 Å². The van der Waals surface area contributed by atoms with Gasteiger partial charge in [0.25, 0.3) is 0 Å². The number of unbranched alkanes of at least 4 members (excludes halogenated alkanes) is 21. The summed E-state index contributed by atoms with van der Waals surface area (Å²) in [5, 5.41) is 27.5. The summed E-state index contributed by atoms with van der Waals surface area (Å²) in [6.45, 7) is 1.93. The highest BCUT2D eigenvalue weighted by atomic mass is 16.4. The van der Waals surface area contributed by atoms with Crippen LogP contribution in [0.3, 0.4) is 0 Å². The zero-order valence-corrected chi connectivity index (χ0v) is 22.1. The van der Waals surface area contributed by atoms with Crippen molar-refractivity contribution in [2.45, 2.75) is 167 Å². The summed E-state index contributed by atoms with van der Waals surface area (Å²) in [4.78, 5) is 11.2. The van der Waals surface area contributed by atoms with Gasteiger partial charge in [0.05, 0.1) is 18.6 Å². The van der Waals surface area contributed by atoms with Crippen LogP contribution in [0.5, 0.6) is 0 Å². The van der Waals surface area contributed by atoms with Gasteiger partial charge in [-0.3, -0.25) is 4.79 Å². The molecule has 0 radical (unpaired) electrons. The van der Waals surface area contributed by atoms with Gasteiger partial charge in [-0.2, -0.15) is 0 Å². The summed E-state index contributed by atoms with van der Waals surface area (Å²) in [6.07, 6.45) is 29.6. The van der Waals surface area contributed by atoms with Crippen LogP contribution in [0.1, 0.15) is 161 Å². The molecule has 0 aliphatic rings. The van der Waals surface area contributed by atoms with Crippen LogP contribution in [0.25, 0.3) is 0 Å². The van der Waals surface area contributed by atoms with Crippen molar-refractivity contribution in [1.82, 2.24) is 0 Å². The van der Waals surface area contributed by atoms with Gasteiger partial charge in [-0.15, -0.1) is 0 Å². The van der Waals surface area contributed by atoms with Crippen molar-refractivity contribution in [3.05, 3.63) is 0 Å². The molecule has 4 nitrogen and oxygen atoms in total. The molecule has 0 aromatic rings. The maximum absolute atomic E-state index is 11.2. The normalized spacial score (nSPS) is 13.3. The highest BCUT2D eigenvalue weighted by Crippen LogP contribution is 2.18. The SMILES string of the molecule is CCCCCCCCCCCCCCCCCCCCCCCCC(CC(O)CO)C(=O)O. The topological polar surface area (TPSA) is 77.8 Å². The maximum atomic E-state index is 11.2. The van der Waals surface area contributed by atoms with Gasteiger partial charge in [-0.25, -0.2) is 0 Å². The Morgan fingerprint density at radius 3 is 1.15 bits per heavy atom. The van der Waals surface area contributed by atoms with E-state index in [2.05, 4.69) is 6.92 Å². The van der Waals surface area contributed by atoms with Crippen LogP contribution < -0.4 is 0 Å². The fourth-order valence-corrected chi connectivity index (χ4v) is 4.74. The molecule has 0 aromatic heterocycles. The molecule has 0 heterocycles. The van der Waals surface area contributed by atoms with Gasteiger partial charge in [-0.05, 0) is 12.8 Å². The highest BCUT2D eigenvalue weighted by molar-refractivity contribution is 5.69. The van der Waals surface area contributed by atoms with Crippen LogP contribution in [0.2, 0.25) is 0 Å². The second-order valence-corrected chi connectivity index (χ2v) is 10.3. The van der Waals surface area contributed by atoms with Gasteiger partial charge in [0, 0.05) is 0 Å². The van der Waals surface area contributed by atoms with E-state index in [1.807, 2.05) is 0 Å². The van der Waals surface area contributed by atoms with Crippen LogP contribution in [0.15, 0.2) is 0 Å². The van der Waals surface area contributed by atoms with Crippen LogP contribution in [-0.4, -0.2) is 34.0 Å². The molecule has 0 aromatic carbocycles. The molecule has 4 heteroatoms. The lowest BCUT2D eigenvalue weighted by atomic mass is 9.94. The van der Waals surface area contributed by atoms with E-state index < -0.39 is 18.0 Å². The zero-order chi connectivity index (χ0) is 24.4. The standard InChI is InChI=1S/C29H58O4/c1-2-3-4-5-6-7-8-9-10-11-12-13-14-15-16-17-18-19-20-21-22-23-24-27(29(32)33)25-28(31)26-30/h27-28,30-31H,2-26H2,1H3,(H,32,33). The van der Waals surface area contributed by atoms with E-state index in [-0.39, 0.29) is 13.0 Å². The molecule has 2 unspecified atom stereocenters. The molecule has 0 rings (SSSR count). The van der Waals surface area contributed by atoms with Crippen molar-refractivity contribution in [3.8, 4) is 0 Å². The summed E-state index contributed by atoms with van der Waals surface area (Å²) in [5.41, 5.74) is 0. The first-order valence-electron chi connectivity index (χ1n) is 14.6. The van der Waals surface area contributed by atoms with Crippen molar-refractivity contribution < 1.29 is 20.1 Å². The second-order valence-electron chi connectivity index (χ2n) is 10.3. The summed E-state index contributed by atoms with van der Waals surface area (Å²) in [6, 6.07) is 0. The van der Waals surface area contributed by atoms with Crippen molar-refractivity contribution in [2.24, 2.45) is 5.92 Å². The summed E-state index contributed by atoms with van der Waals surface area (Å²) < 4.78 is 0. The largest absolute Gasteiger partial charge is 0.481 e. The number of hydrogen-bond acceptors (Lipinski definition) is 3. The first kappa shape index (κ1) is 32.4. The van der Waals surface area contributed by atoms with E-state index in [0.29, 0.717) is 6.42 Å². The van der Waals surface area contributed by atoms with Gasteiger partial charge >= 0.3 is 5.97 Å². The smallest absolute Gasteiger partial charge is 0.306 e. The number of aliphatic hydroxyl groups is 2. The van der Waals surface area contributed by atoms with E-state index in [1.165, 1.54) is 128 Å². The van der Waals surface area contributed by atoms with Gasteiger partial charge in [0.15, 0.2) is 0 Å².